The lowest BCUT2D eigenvalue weighted by Crippen LogP contribution is -2.26. The molecule has 1 aromatic rings. The number of rotatable bonds is 6. The van der Waals surface area contributed by atoms with Gasteiger partial charge in [0.15, 0.2) is 0 Å². The Morgan fingerprint density at radius 3 is 2.59 bits per heavy atom. The van der Waals surface area contributed by atoms with Crippen LogP contribution in [0.5, 0.6) is 5.75 Å². The van der Waals surface area contributed by atoms with Crippen molar-refractivity contribution in [2.24, 2.45) is 5.73 Å². The van der Waals surface area contributed by atoms with Crippen molar-refractivity contribution in [2.75, 3.05) is 6.54 Å². The second-order valence-electron chi connectivity index (χ2n) is 4.60. The first-order valence-corrected chi connectivity index (χ1v) is 7.04. The number of halogens is 1. The SMILES string of the molecule is CCCC(CN)Oc1ccc(Br)cc1C(C)C. The lowest BCUT2D eigenvalue weighted by Gasteiger charge is -2.20. The van der Waals surface area contributed by atoms with Crippen LogP contribution in [0, 0.1) is 0 Å². The van der Waals surface area contributed by atoms with Crippen LogP contribution in [0.25, 0.3) is 0 Å². The zero-order chi connectivity index (χ0) is 12.8. The molecular formula is C14H22BrNO. The highest BCUT2D eigenvalue weighted by molar-refractivity contribution is 9.10. The highest BCUT2D eigenvalue weighted by Crippen LogP contribution is 2.30. The summed E-state index contributed by atoms with van der Waals surface area (Å²) in [5, 5.41) is 0. The maximum absolute atomic E-state index is 6.01. The first kappa shape index (κ1) is 14.5. The topological polar surface area (TPSA) is 35.2 Å². The van der Waals surface area contributed by atoms with E-state index in [4.69, 9.17) is 10.5 Å². The molecule has 0 radical (unpaired) electrons. The fourth-order valence-electron chi connectivity index (χ4n) is 1.80. The highest BCUT2D eigenvalue weighted by Gasteiger charge is 2.13. The summed E-state index contributed by atoms with van der Waals surface area (Å²) in [6.07, 6.45) is 2.22. The van der Waals surface area contributed by atoms with Gasteiger partial charge in [0.1, 0.15) is 11.9 Å². The fraction of sp³-hybridized carbons (Fsp3) is 0.571. The molecule has 1 aromatic carbocycles. The first-order chi connectivity index (χ1) is 8.08. The Balaban J connectivity index is 2.88. The molecule has 0 aliphatic heterocycles. The van der Waals surface area contributed by atoms with Crippen molar-refractivity contribution in [1.29, 1.82) is 0 Å². The quantitative estimate of drug-likeness (QED) is 0.859. The van der Waals surface area contributed by atoms with Crippen molar-refractivity contribution in [2.45, 2.75) is 45.6 Å². The molecule has 0 saturated carbocycles. The third-order valence-corrected chi connectivity index (χ3v) is 3.25. The molecule has 0 amide bonds. The molecule has 2 nitrogen and oxygen atoms in total. The van der Waals surface area contributed by atoms with Gasteiger partial charge in [-0.2, -0.15) is 0 Å². The molecule has 0 fully saturated rings. The Bertz CT molecular complexity index is 352. The Hall–Kier alpha value is -0.540. The summed E-state index contributed by atoms with van der Waals surface area (Å²) >= 11 is 3.50. The van der Waals surface area contributed by atoms with Crippen molar-refractivity contribution >= 4 is 15.9 Å². The smallest absolute Gasteiger partial charge is 0.123 e. The summed E-state index contributed by atoms with van der Waals surface area (Å²) in [5.74, 6) is 1.41. The summed E-state index contributed by atoms with van der Waals surface area (Å²) in [4.78, 5) is 0. The number of hydrogen-bond acceptors (Lipinski definition) is 2. The summed E-state index contributed by atoms with van der Waals surface area (Å²) < 4.78 is 7.10. The number of nitrogens with two attached hydrogens (primary N) is 1. The Morgan fingerprint density at radius 2 is 2.06 bits per heavy atom. The minimum absolute atomic E-state index is 0.124. The van der Waals surface area contributed by atoms with E-state index in [0.29, 0.717) is 12.5 Å². The summed E-state index contributed by atoms with van der Waals surface area (Å²) in [6.45, 7) is 7.07. The van der Waals surface area contributed by atoms with E-state index in [9.17, 15) is 0 Å². The Labute approximate surface area is 113 Å². The van der Waals surface area contributed by atoms with E-state index in [-0.39, 0.29) is 6.10 Å². The van der Waals surface area contributed by atoms with Gasteiger partial charge >= 0.3 is 0 Å². The predicted octanol–water partition coefficient (Wildman–Crippen LogP) is 4.08. The van der Waals surface area contributed by atoms with Gasteiger partial charge in [-0.25, -0.2) is 0 Å². The van der Waals surface area contributed by atoms with Gasteiger partial charge in [0.25, 0.3) is 0 Å². The maximum Gasteiger partial charge on any atom is 0.123 e. The number of benzene rings is 1. The molecule has 96 valence electrons. The van der Waals surface area contributed by atoms with Gasteiger partial charge in [-0.3, -0.25) is 0 Å². The Morgan fingerprint density at radius 1 is 1.35 bits per heavy atom. The van der Waals surface area contributed by atoms with Gasteiger partial charge in [-0.05, 0) is 36.1 Å². The van der Waals surface area contributed by atoms with E-state index in [1.165, 1.54) is 5.56 Å². The molecule has 0 saturated heterocycles. The van der Waals surface area contributed by atoms with E-state index in [1.807, 2.05) is 12.1 Å². The van der Waals surface area contributed by atoms with Crippen LogP contribution in [0.15, 0.2) is 22.7 Å². The van der Waals surface area contributed by atoms with E-state index in [2.05, 4.69) is 42.8 Å². The average molecular weight is 300 g/mol. The minimum atomic E-state index is 0.124. The molecule has 1 unspecified atom stereocenters. The van der Waals surface area contributed by atoms with Crippen LogP contribution in [-0.2, 0) is 0 Å². The van der Waals surface area contributed by atoms with Crippen LogP contribution >= 0.6 is 15.9 Å². The van der Waals surface area contributed by atoms with Crippen LogP contribution in [0.4, 0.5) is 0 Å². The number of hydrogen-bond donors (Lipinski definition) is 1. The normalized spacial score (nSPS) is 12.8. The second kappa shape index (κ2) is 7.02. The molecule has 0 bridgehead atoms. The van der Waals surface area contributed by atoms with Crippen LogP contribution in [-0.4, -0.2) is 12.6 Å². The van der Waals surface area contributed by atoms with Gasteiger partial charge in [0, 0.05) is 11.0 Å². The van der Waals surface area contributed by atoms with Gasteiger partial charge in [-0.15, -0.1) is 0 Å². The van der Waals surface area contributed by atoms with E-state index < -0.39 is 0 Å². The van der Waals surface area contributed by atoms with Crippen molar-refractivity contribution in [3.05, 3.63) is 28.2 Å². The molecule has 17 heavy (non-hydrogen) atoms. The maximum atomic E-state index is 6.01. The fourth-order valence-corrected chi connectivity index (χ4v) is 2.18. The number of ether oxygens (including phenoxy) is 1. The van der Waals surface area contributed by atoms with Crippen molar-refractivity contribution in [3.63, 3.8) is 0 Å². The average Bonchev–Trinajstić information content (AvgIpc) is 2.30. The van der Waals surface area contributed by atoms with E-state index >= 15 is 0 Å². The van der Waals surface area contributed by atoms with Crippen LogP contribution in [0.1, 0.15) is 45.1 Å². The first-order valence-electron chi connectivity index (χ1n) is 6.24. The monoisotopic (exact) mass is 299 g/mol. The van der Waals surface area contributed by atoms with Gasteiger partial charge in [0.05, 0.1) is 0 Å². The molecule has 1 rings (SSSR count). The molecule has 0 spiro atoms. The molecule has 0 heterocycles. The van der Waals surface area contributed by atoms with Crippen LogP contribution < -0.4 is 10.5 Å². The van der Waals surface area contributed by atoms with Gasteiger partial charge < -0.3 is 10.5 Å². The molecular weight excluding hydrogens is 278 g/mol. The lowest BCUT2D eigenvalue weighted by molar-refractivity contribution is 0.195. The van der Waals surface area contributed by atoms with E-state index in [1.54, 1.807) is 0 Å². The third kappa shape index (κ3) is 4.32. The van der Waals surface area contributed by atoms with Crippen molar-refractivity contribution in [1.82, 2.24) is 0 Å². The van der Waals surface area contributed by atoms with Crippen LogP contribution in [0.2, 0.25) is 0 Å². The molecule has 0 aliphatic carbocycles. The Kier molecular flexibility index (Phi) is 6.00. The minimum Gasteiger partial charge on any atom is -0.489 e. The summed E-state index contributed by atoms with van der Waals surface area (Å²) in [6, 6.07) is 6.16. The molecule has 2 N–H and O–H groups in total. The predicted molar refractivity (Wildman–Crippen MR) is 76.6 cm³/mol. The molecule has 0 aromatic heterocycles. The molecule has 3 heteroatoms. The zero-order valence-corrected chi connectivity index (χ0v) is 12.5. The van der Waals surface area contributed by atoms with Gasteiger partial charge in [-0.1, -0.05) is 43.1 Å². The largest absolute Gasteiger partial charge is 0.489 e. The van der Waals surface area contributed by atoms with Gasteiger partial charge in [0.2, 0.25) is 0 Å². The van der Waals surface area contributed by atoms with Crippen molar-refractivity contribution in [3.8, 4) is 5.75 Å². The summed E-state index contributed by atoms with van der Waals surface area (Å²) in [5.41, 5.74) is 6.96. The highest BCUT2D eigenvalue weighted by atomic mass is 79.9. The summed E-state index contributed by atoms with van der Waals surface area (Å²) in [7, 11) is 0. The third-order valence-electron chi connectivity index (χ3n) is 2.76. The van der Waals surface area contributed by atoms with Crippen molar-refractivity contribution < 1.29 is 4.74 Å². The van der Waals surface area contributed by atoms with E-state index in [0.717, 1.165) is 23.1 Å². The zero-order valence-electron chi connectivity index (χ0n) is 10.9. The standard InChI is InChI=1S/C14H22BrNO/c1-4-5-12(9-16)17-14-7-6-11(15)8-13(14)10(2)3/h6-8,10,12H,4-5,9,16H2,1-3H3. The van der Waals surface area contributed by atoms with Crippen LogP contribution in [0.3, 0.4) is 0 Å². The molecule has 0 aliphatic rings. The lowest BCUT2D eigenvalue weighted by atomic mass is 10.0. The molecule has 1 atom stereocenters. The second-order valence-corrected chi connectivity index (χ2v) is 5.52.